The largest absolute Gasteiger partial charge is 0.352 e. The lowest BCUT2D eigenvalue weighted by molar-refractivity contribution is 0.0947. The Morgan fingerprint density at radius 2 is 2.10 bits per heavy atom. The molecule has 1 N–H and O–H groups in total. The van der Waals surface area contributed by atoms with Crippen molar-refractivity contribution in [1.82, 2.24) is 10.3 Å². The van der Waals surface area contributed by atoms with Gasteiger partial charge in [-0.3, -0.25) is 4.79 Å². The summed E-state index contributed by atoms with van der Waals surface area (Å²) < 4.78 is 0. The summed E-state index contributed by atoms with van der Waals surface area (Å²) in [4.78, 5) is 16.6. The van der Waals surface area contributed by atoms with E-state index in [1.54, 1.807) is 6.07 Å². The third kappa shape index (κ3) is 4.44. The molecule has 0 spiro atoms. The van der Waals surface area contributed by atoms with Gasteiger partial charge in [-0.1, -0.05) is 45.7 Å². The topological polar surface area (TPSA) is 42.0 Å². The minimum atomic E-state index is -0.124. The molecule has 1 saturated carbocycles. The van der Waals surface area contributed by atoms with Crippen molar-refractivity contribution in [3.05, 3.63) is 28.5 Å². The monoisotopic (exact) mass is 308 g/mol. The van der Waals surface area contributed by atoms with Crippen LogP contribution in [-0.2, 0) is 5.41 Å². The first kappa shape index (κ1) is 16.3. The number of carbonyl (C=O) groups is 1. The standard InChI is InChI=1S/C17H25ClN2O/c1-11-5-6-12(7-11)10-19-16(21)13-8-14(17(2,3)4)20-15(18)9-13/h8-9,11-12H,5-7,10H2,1-4H3,(H,19,21). The van der Waals surface area contributed by atoms with Crippen LogP contribution in [0, 0.1) is 11.8 Å². The maximum Gasteiger partial charge on any atom is 0.251 e. The Morgan fingerprint density at radius 1 is 1.38 bits per heavy atom. The number of nitrogens with zero attached hydrogens (tertiary/aromatic N) is 1. The molecule has 4 heteroatoms. The second-order valence-corrected chi connectivity index (χ2v) is 7.70. The lowest BCUT2D eigenvalue weighted by Crippen LogP contribution is -2.29. The molecule has 2 atom stereocenters. The van der Waals surface area contributed by atoms with Crippen molar-refractivity contribution in [2.24, 2.45) is 11.8 Å². The van der Waals surface area contributed by atoms with Crippen molar-refractivity contribution in [2.45, 2.75) is 52.4 Å². The molecule has 0 aromatic carbocycles. The quantitative estimate of drug-likeness (QED) is 0.850. The Kier molecular flexibility index (Phi) is 4.92. The van der Waals surface area contributed by atoms with Crippen LogP contribution in [0.15, 0.2) is 12.1 Å². The van der Waals surface area contributed by atoms with E-state index in [1.807, 2.05) is 6.07 Å². The summed E-state index contributed by atoms with van der Waals surface area (Å²) in [7, 11) is 0. The minimum absolute atomic E-state index is 0.0515. The van der Waals surface area contributed by atoms with Gasteiger partial charge in [-0.25, -0.2) is 4.98 Å². The molecule has 3 nitrogen and oxygen atoms in total. The van der Waals surface area contributed by atoms with Crippen molar-refractivity contribution in [3.63, 3.8) is 0 Å². The van der Waals surface area contributed by atoms with Crippen LogP contribution in [0.2, 0.25) is 5.15 Å². The fourth-order valence-electron chi connectivity index (χ4n) is 2.86. The van der Waals surface area contributed by atoms with Crippen LogP contribution >= 0.6 is 11.6 Å². The number of hydrogen-bond donors (Lipinski definition) is 1. The number of pyridine rings is 1. The summed E-state index contributed by atoms with van der Waals surface area (Å²) in [5.41, 5.74) is 1.32. The van der Waals surface area contributed by atoms with E-state index in [0.717, 1.165) is 18.2 Å². The summed E-state index contributed by atoms with van der Waals surface area (Å²) in [6.45, 7) is 9.22. The number of amides is 1. The van der Waals surface area contributed by atoms with E-state index in [-0.39, 0.29) is 11.3 Å². The molecule has 1 aliphatic rings. The number of nitrogens with one attached hydrogen (secondary N) is 1. The van der Waals surface area contributed by atoms with Crippen molar-refractivity contribution < 1.29 is 4.79 Å². The molecule has 0 aliphatic heterocycles. The number of halogens is 1. The van der Waals surface area contributed by atoms with Gasteiger partial charge in [-0.2, -0.15) is 0 Å². The van der Waals surface area contributed by atoms with Gasteiger partial charge in [0.05, 0.1) is 0 Å². The minimum Gasteiger partial charge on any atom is -0.352 e. The summed E-state index contributed by atoms with van der Waals surface area (Å²) >= 11 is 6.06. The predicted octanol–water partition coefficient (Wildman–Crippen LogP) is 4.20. The van der Waals surface area contributed by atoms with E-state index in [0.29, 0.717) is 16.6 Å². The van der Waals surface area contributed by atoms with Gasteiger partial charge < -0.3 is 5.32 Å². The molecular weight excluding hydrogens is 284 g/mol. The molecule has 1 aliphatic carbocycles. The van der Waals surface area contributed by atoms with Gasteiger partial charge in [0.1, 0.15) is 5.15 Å². The van der Waals surface area contributed by atoms with Gasteiger partial charge in [0.25, 0.3) is 5.91 Å². The van der Waals surface area contributed by atoms with Gasteiger partial charge in [-0.05, 0) is 36.8 Å². The van der Waals surface area contributed by atoms with E-state index < -0.39 is 0 Å². The van der Waals surface area contributed by atoms with Crippen molar-refractivity contribution in [1.29, 1.82) is 0 Å². The number of carbonyl (C=O) groups excluding carboxylic acids is 1. The predicted molar refractivity (Wildman–Crippen MR) is 86.8 cm³/mol. The van der Waals surface area contributed by atoms with E-state index in [9.17, 15) is 4.79 Å². The Hall–Kier alpha value is -1.09. The normalized spacial score (nSPS) is 22.3. The molecule has 116 valence electrons. The molecule has 1 aromatic heterocycles. The molecule has 21 heavy (non-hydrogen) atoms. The van der Waals surface area contributed by atoms with Gasteiger partial charge >= 0.3 is 0 Å². The maximum absolute atomic E-state index is 12.3. The first-order valence-corrected chi connectivity index (χ1v) is 8.10. The van der Waals surface area contributed by atoms with Crippen LogP contribution in [0.25, 0.3) is 0 Å². The summed E-state index contributed by atoms with van der Waals surface area (Å²) in [5.74, 6) is 1.35. The van der Waals surface area contributed by atoms with Crippen LogP contribution in [0.1, 0.15) is 63.0 Å². The van der Waals surface area contributed by atoms with Crippen LogP contribution in [0.4, 0.5) is 0 Å². The van der Waals surface area contributed by atoms with E-state index >= 15 is 0 Å². The van der Waals surface area contributed by atoms with E-state index in [4.69, 9.17) is 11.6 Å². The van der Waals surface area contributed by atoms with Gasteiger partial charge in [0, 0.05) is 23.2 Å². The zero-order valence-electron chi connectivity index (χ0n) is 13.4. The Labute approximate surface area is 132 Å². The molecule has 1 aromatic rings. The SMILES string of the molecule is CC1CCC(CNC(=O)c2cc(Cl)nc(C(C)(C)C)c2)C1. The molecule has 1 fully saturated rings. The average molecular weight is 309 g/mol. The van der Waals surface area contributed by atoms with Gasteiger partial charge in [0.15, 0.2) is 0 Å². The van der Waals surface area contributed by atoms with Crippen LogP contribution in [0.3, 0.4) is 0 Å². The Balaban J connectivity index is 2.03. The lowest BCUT2D eigenvalue weighted by atomic mass is 9.91. The third-order valence-electron chi connectivity index (χ3n) is 4.18. The Morgan fingerprint density at radius 3 is 2.67 bits per heavy atom. The highest BCUT2D eigenvalue weighted by atomic mass is 35.5. The van der Waals surface area contributed by atoms with Crippen molar-refractivity contribution >= 4 is 17.5 Å². The summed E-state index contributed by atoms with van der Waals surface area (Å²) in [5, 5.41) is 3.42. The van der Waals surface area contributed by atoms with E-state index in [2.05, 4.69) is 38.0 Å². The zero-order chi connectivity index (χ0) is 15.6. The molecule has 0 saturated heterocycles. The molecule has 2 rings (SSSR count). The van der Waals surface area contributed by atoms with Crippen molar-refractivity contribution in [2.75, 3.05) is 6.54 Å². The summed E-state index contributed by atoms with van der Waals surface area (Å²) in [6, 6.07) is 3.49. The van der Waals surface area contributed by atoms with Crippen LogP contribution in [-0.4, -0.2) is 17.4 Å². The lowest BCUT2D eigenvalue weighted by Gasteiger charge is -2.19. The highest BCUT2D eigenvalue weighted by Gasteiger charge is 2.23. The molecular formula is C17H25ClN2O. The highest BCUT2D eigenvalue weighted by molar-refractivity contribution is 6.29. The van der Waals surface area contributed by atoms with Crippen LogP contribution in [0.5, 0.6) is 0 Å². The molecule has 2 unspecified atom stereocenters. The second kappa shape index (κ2) is 6.35. The first-order chi connectivity index (χ1) is 9.75. The second-order valence-electron chi connectivity index (χ2n) is 7.31. The maximum atomic E-state index is 12.3. The fraction of sp³-hybridized carbons (Fsp3) is 0.647. The Bertz CT molecular complexity index is 522. The smallest absolute Gasteiger partial charge is 0.251 e. The fourth-order valence-corrected chi connectivity index (χ4v) is 3.07. The van der Waals surface area contributed by atoms with E-state index in [1.165, 1.54) is 19.3 Å². The highest BCUT2D eigenvalue weighted by Crippen LogP contribution is 2.29. The average Bonchev–Trinajstić information content (AvgIpc) is 2.80. The number of aromatic nitrogens is 1. The summed E-state index contributed by atoms with van der Waals surface area (Å²) in [6.07, 6.45) is 3.70. The van der Waals surface area contributed by atoms with Gasteiger partial charge in [0.2, 0.25) is 0 Å². The molecule has 0 radical (unpaired) electrons. The molecule has 1 heterocycles. The number of hydrogen-bond acceptors (Lipinski definition) is 2. The molecule has 0 bridgehead atoms. The third-order valence-corrected chi connectivity index (χ3v) is 4.37. The van der Waals surface area contributed by atoms with Crippen LogP contribution < -0.4 is 5.32 Å². The van der Waals surface area contributed by atoms with Crippen molar-refractivity contribution in [3.8, 4) is 0 Å². The first-order valence-electron chi connectivity index (χ1n) is 7.72. The van der Waals surface area contributed by atoms with Gasteiger partial charge in [-0.15, -0.1) is 0 Å². The zero-order valence-corrected chi connectivity index (χ0v) is 14.1. The molecule has 1 amide bonds. The number of rotatable bonds is 3.